The lowest BCUT2D eigenvalue weighted by atomic mass is 10.1. The zero-order chi connectivity index (χ0) is 10.6. The molecule has 3 nitrogen and oxygen atoms in total. The van der Waals surface area contributed by atoms with E-state index < -0.39 is 0 Å². The van der Waals surface area contributed by atoms with E-state index in [4.69, 9.17) is 5.73 Å². The SMILES string of the molecule is Cc1ccc(C)c(NC(=O)CCN)c1.Cl. The van der Waals surface area contributed by atoms with Crippen molar-refractivity contribution in [1.82, 2.24) is 0 Å². The quantitative estimate of drug-likeness (QED) is 0.832. The van der Waals surface area contributed by atoms with Crippen molar-refractivity contribution in [3.05, 3.63) is 29.3 Å². The molecule has 1 rings (SSSR count). The first kappa shape index (κ1) is 13.9. The molecule has 0 saturated heterocycles. The first-order valence-electron chi connectivity index (χ1n) is 4.70. The van der Waals surface area contributed by atoms with Crippen molar-refractivity contribution < 1.29 is 4.79 Å². The van der Waals surface area contributed by atoms with Crippen LogP contribution in [-0.4, -0.2) is 12.5 Å². The Morgan fingerprint density at radius 3 is 2.67 bits per heavy atom. The van der Waals surface area contributed by atoms with Crippen LogP contribution in [0.25, 0.3) is 0 Å². The van der Waals surface area contributed by atoms with Crippen molar-refractivity contribution >= 4 is 24.0 Å². The van der Waals surface area contributed by atoms with Gasteiger partial charge in [0.15, 0.2) is 0 Å². The Hall–Kier alpha value is -1.06. The number of nitrogens with two attached hydrogens (primary N) is 1. The molecule has 0 unspecified atom stereocenters. The van der Waals surface area contributed by atoms with Crippen LogP contribution in [0.5, 0.6) is 0 Å². The highest BCUT2D eigenvalue weighted by Gasteiger charge is 2.03. The molecule has 0 atom stereocenters. The van der Waals surface area contributed by atoms with Gasteiger partial charge in [0.1, 0.15) is 0 Å². The molecule has 3 N–H and O–H groups in total. The molecule has 1 aromatic carbocycles. The first-order chi connectivity index (χ1) is 6.63. The van der Waals surface area contributed by atoms with Gasteiger partial charge >= 0.3 is 0 Å². The minimum absolute atomic E-state index is 0. The van der Waals surface area contributed by atoms with E-state index in [0.29, 0.717) is 13.0 Å². The highest BCUT2D eigenvalue weighted by atomic mass is 35.5. The lowest BCUT2D eigenvalue weighted by Crippen LogP contribution is -2.16. The fraction of sp³-hybridized carbons (Fsp3) is 0.364. The molecule has 0 aromatic heterocycles. The third kappa shape index (κ3) is 4.32. The monoisotopic (exact) mass is 228 g/mol. The minimum atomic E-state index is -0.0267. The van der Waals surface area contributed by atoms with E-state index in [2.05, 4.69) is 5.32 Å². The number of carbonyl (C=O) groups excluding carboxylic acids is 1. The Morgan fingerprint density at radius 2 is 2.07 bits per heavy atom. The third-order valence-corrected chi connectivity index (χ3v) is 2.04. The average Bonchev–Trinajstić information content (AvgIpc) is 2.12. The van der Waals surface area contributed by atoms with Gasteiger partial charge in [-0.3, -0.25) is 4.79 Å². The number of anilines is 1. The summed E-state index contributed by atoms with van der Waals surface area (Å²) in [5.41, 5.74) is 8.38. The van der Waals surface area contributed by atoms with Gasteiger partial charge in [0.05, 0.1) is 0 Å². The van der Waals surface area contributed by atoms with Crippen LogP contribution >= 0.6 is 12.4 Å². The lowest BCUT2D eigenvalue weighted by Gasteiger charge is -2.08. The van der Waals surface area contributed by atoms with Crippen molar-refractivity contribution in [2.24, 2.45) is 5.73 Å². The van der Waals surface area contributed by atoms with Crippen molar-refractivity contribution in [3.8, 4) is 0 Å². The van der Waals surface area contributed by atoms with Crippen LogP contribution in [0, 0.1) is 13.8 Å². The fourth-order valence-corrected chi connectivity index (χ4v) is 1.21. The molecule has 0 fully saturated rings. The Morgan fingerprint density at radius 1 is 1.40 bits per heavy atom. The largest absolute Gasteiger partial charge is 0.330 e. The van der Waals surface area contributed by atoms with E-state index in [-0.39, 0.29) is 18.3 Å². The van der Waals surface area contributed by atoms with Gasteiger partial charge < -0.3 is 11.1 Å². The van der Waals surface area contributed by atoms with Crippen LogP contribution in [0.4, 0.5) is 5.69 Å². The first-order valence-corrected chi connectivity index (χ1v) is 4.70. The summed E-state index contributed by atoms with van der Waals surface area (Å²) in [7, 11) is 0. The molecule has 0 spiro atoms. The summed E-state index contributed by atoms with van der Waals surface area (Å²) in [6, 6.07) is 5.98. The zero-order valence-electron chi connectivity index (χ0n) is 9.04. The van der Waals surface area contributed by atoms with Crippen LogP contribution in [-0.2, 0) is 4.79 Å². The van der Waals surface area contributed by atoms with Gasteiger partial charge in [-0.25, -0.2) is 0 Å². The Kier molecular flexibility index (Phi) is 5.97. The Labute approximate surface area is 96.5 Å². The van der Waals surface area contributed by atoms with Gasteiger partial charge in [0.25, 0.3) is 0 Å². The van der Waals surface area contributed by atoms with Crippen LogP contribution in [0.15, 0.2) is 18.2 Å². The summed E-state index contributed by atoms with van der Waals surface area (Å²) in [6.07, 6.45) is 0.368. The van der Waals surface area contributed by atoms with E-state index in [9.17, 15) is 4.79 Å². The molecule has 0 heterocycles. The lowest BCUT2D eigenvalue weighted by molar-refractivity contribution is -0.116. The molecule has 4 heteroatoms. The summed E-state index contributed by atoms with van der Waals surface area (Å²) >= 11 is 0. The highest BCUT2D eigenvalue weighted by molar-refractivity contribution is 5.91. The van der Waals surface area contributed by atoms with Gasteiger partial charge in [0, 0.05) is 18.7 Å². The van der Waals surface area contributed by atoms with E-state index in [1.165, 1.54) is 0 Å². The summed E-state index contributed by atoms with van der Waals surface area (Å²) in [5.74, 6) is -0.0267. The molecule has 15 heavy (non-hydrogen) atoms. The van der Waals surface area contributed by atoms with Crippen LogP contribution in [0.2, 0.25) is 0 Å². The molecule has 0 radical (unpaired) electrons. The normalized spacial score (nSPS) is 9.27. The molecule has 0 bridgehead atoms. The minimum Gasteiger partial charge on any atom is -0.330 e. The van der Waals surface area contributed by atoms with Crippen molar-refractivity contribution in [2.75, 3.05) is 11.9 Å². The zero-order valence-corrected chi connectivity index (χ0v) is 9.86. The average molecular weight is 229 g/mol. The van der Waals surface area contributed by atoms with E-state index in [1.807, 2.05) is 32.0 Å². The van der Waals surface area contributed by atoms with Gasteiger partial charge in [-0.05, 0) is 31.0 Å². The van der Waals surface area contributed by atoms with Crippen LogP contribution in [0.1, 0.15) is 17.5 Å². The maximum absolute atomic E-state index is 11.3. The molecule has 1 amide bonds. The molecule has 0 aliphatic carbocycles. The third-order valence-electron chi connectivity index (χ3n) is 2.04. The predicted molar refractivity (Wildman–Crippen MR) is 65.5 cm³/mol. The van der Waals surface area contributed by atoms with Crippen molar-refractivity contribution in [3.63, 3.8) is 0 Å². The summed E-state index contributed by atoms with van der Waals surface area (Å²) in [5, 5.41) is 2.83. The molecule has 0 saturated carbocycles. The smallest absolute Gasteiger partial charge is 0.225 e. The molecule has 0 aliphatic rings. The Bertz CT molecular complexity index is 339. The van der Waals surface area contributed by atoms with E-state index >= 15 is 0 Å². The number of amides is 1. The number of halogens is 1. The standard InChI is InChI=1S/C11H16N2O.ClH/c1-8-3-4-9(2)10(7-8)13-11(14)5-6-12;/h3-4,7H,5-6,12H2,1-2H3,(H,13,14);1H. The maximum atomic E-state index is 11.3. The second-order valence-electron chi connectivity index (χ2n) is 3.41. The van der Waals surface area contributed by atoms with E-state index in [0.717, 1.165) is 16.8 Å². The number of hydrogen-bond acceptors (Lipinski definition) is 2. The second kappa shape index (κ2) is 6.43. The Balaban J connectivity index is 0.00000196. The second-order valence-corrected chi connectivity index (χ2v) is 3.41. The molecule has 1 aromatic rings. The van der Waals surface area contributed by atoms with Gasteiger partial charge in [-0.2, -0.15) is 0 Å². The van der Waals surface area contributed by atoms with Crippen molar-refractivity contribution in [2.45, 2.75) is 20.3 Å². The van der Waals surface area contributed by atoms with Gasteiger partial charge in [-0.15, -0.1) is 12.4 Å². The van der Waals surface area contributed by atoms with E-state index in [1.54, 1.807) is 0 Å². The molecule has 84 valence electrons. The summed E-state index contributed by atoms with van der Waals surface area (Å²) in [6.45, 7) is 4.35. The number of nitrogens with one attached hydrogen (secondary N) is 1. The van der Waals surface area contributed by atoms with Gasteiger partial charge in [-0.1, -0.05) is 12.1 Å². The maximum Gasteiger partial charge on any atom is 0.225 e. The topological polar surface area (TPSA) is 55.1 Å². The highest BCUT2D eigenvalue weighted by Crippen LogP contribution is 2.16. The predicted octanol–water partition coefficient (Wildman–Crippen LogP) is 2.01. The van der Waals surface area contributed by atoms with Gasteiger partial charge in [0.2, 0.25) is 5.91 Å². The van der Waals surface area contributed by atoms with Crippen LogP contribution in [0.3, 0.4) is 0 Å². The van der Waals surface area contributed by atoms with Crippen molar-refractivity contribution in [1.29, 1.82) is 0 Å². The molecular weight excluding hydrogens is 212 g/mol. The summed E-state index contributed by atoms with van der Waals surface area (Å²) < 4.78 is 0. The number of benzene rings is 1. The number of hydrogen-bond donors (Lipinski definition) is 2. The number of carbonyl (C=O) groups is 1. The van der Waals surface area contributed by atoms with Crippen LogP contribution < -0.4 is 11.1 Å². The molecular formula is C11H17ClN2O. The number of aryl methyl sites for hydroxylation is 2. The number of rotatable bonds is 3. The summed E-state index contributed by atoms with van der Waals surface area (Å²) in [4.78, 5) is 11.3. The molecule has 0 aliphatic heterocycles. The fourth-order valence-electron chi connectivity index (χ4n) is 1.21.